The van der Waals surface area contributed by atoms with Crippen LogP contribution in [0.4, 0.5) is 5.69 Å². The number of anilines is 1. The first-order valence-corrected chi connectivity index (χ1v) is 10.8. The van der Waals surface area contributed by atoms with Crippen molar-refractivity contribution in [3.8, 4) is 0 Å². The average molecular weight is 414 g/mol. The summed E-state index contributed by atoms with van der Waals surface area (Å²) in [7, 11) is -3.91. The van der Waals surface area contributed by atoms with Crippen molar-refractivity contribution in [1.29, 1.82) is 0 Å². The minimum Gasteiger partial charge on any atom is -0.449 e. The van der Waals surface area contributed by atoms with E-state index < -0.39 is 10.0 Å². The van der Waals surface area contributed by atoms with E-state index in [1.165, 1.54) is 0 Å². The summed E-state index contributed by atoms with van der Waals surface area (Å²) in [6.45, 7) is 5.39. The molecule has 29 heavy (non-hydrogen) atoms. The molecular formula is C21H22N2O5S. The van der Waals surface area contributed by atoms with Gasteiger partial charge in [0.25, 0.3) is 15.9 Å². The molecule has 1 amide bonds. The van der Waals surface area contributed by atoms with Crippen molar-refractivity contribution in [2.24, 2.45) is 0 Å². The number of hydrogen-bond acceptors (Lipinski definition) is 5. The van der Waals surface area contributed by atoms with E-state index in [0.29, 0.717) is 42.8 Å². The van der Waals surface area contributed by atoms with Crippen LogP contribution in [-0.4, -0.2) is 45.5 Å². The van der Waals surface area contributed by atoms with Gasteiger partial charge in [0.1, 0.15) is 11.3 Å². The number of nitrogens with zero attached hydrogens (tertiary/aromatic N) is 1. The molecule has 1 aromatic heterocycles. The van der Waals surface area contributed by atoms with E-state index in [0.717, 1.165) is 5.56 Å². The number of carbonyl (C=O) groups is 1. The Bertz CT molecular complexity index is 1180. The van der Waals surface area contributed by atoms with E-state index in [1.54, 1.807) is 48.2 Å². The first kappa shape index (κ1) is 19.5. The molecule has 0 aliphatic carbocycles. The Morgan fingerprint density at radius 2 is 1.79 bits per heavy atom. The van der Waals surface area contributed by atoms with Crippen LogP contribution in [0.1, 0.15) is 21.7 Å². The van der Waals surface area contributed by atoms with Gasteiger partial charge in [-0.1, -0.05) is 29.8 Å². The molecule has 0 atom stereocenters. The number of aryl methyl sites for hydroxylation is 2. The lowest BCUT2D eigenvalue weighted by Crippen LogP contribution is -2.40. The van der Waals surface area contributed by atoms with Crippen molar-refractivity contribution >= 4 is 32.6 Å². The highest BCUT2D eigenvalue weighted by atomic mass is 32.2. The van der Waals surface area contributed by atoms with Gasteiger partial charge in [-0.05, 0) is 37.6 Å². The number of amides is 1. The van der Waals surface area contributed by atoms with Crippen LogP contribution in [-0.2, 0) is 14.8 Å². The second kappa shape index (κ2) is 7.53. The summed E-state index contributed by atoms with van der Waals surface area (Å²) in [5, 5.41) is 0.539. The third-order valence-electron chi connectivity index (χ3n) is 4.94. The fourth-order valence-electron chi connectivity index (χ4n) is 3.50. The van der Waals surface area contributed by atoms with Crippen LogP contribution in [0.15, 0.2) is 51.8 Å². The molecule has 7 nitrogen and oxygen atoms in total. The van der Waals surface area contributed by atoms with Gasteiger partial charge in [-0.25, -0.2) is 8.42 Å². The van der Waals surface area contributed by atoms with E-state index in [9.17, 15) is 13.2 Å². The molecule has 0 unspecified atom stereocenters. The van der Waals surface area contributed by atoms with Crippen LogP contribution >= 0.6 is 0 Å². The second-order valence-electron chi connectivity index (χ2n) is 7.08. The van der Waals surface area contributed by atoms with E-state index >= 15 is 0 Å². The first-order valence-electron chi connectivity index (χ1n) is 9.35. The van der Waals surface area contributed by atoms with Gasteiger partial charge in [-0.15, -0.1) is 0 Å². The Labute approximate surface area is 169 Å². The molecule has 1 N–H and O–H groups in total. The predicted molar refractivity (Wildman–Crippen MR) is 110 cm³/mol. The number of para-hydroxylation sites is 1. The Hall–Kier alpha value is -2.84. The number of fused-ring (bicyclic) bond motifs is 1. The minimum atomic E-state index is -3.91. The molecule has 1 aliphatic heterocycles. The van der Waals surface area contributed by atoms with Crippen molar-refractivity contribution in [2.75, 3.05) is 31.0 Å². The summed E-state index contributed by atoms with van der Waals surface area (Å²) in [6.07, 6.45) is 0. The summed E-state index contributed by atoms with van der Waals surface area (Å²) in [6, 6.07) is 12.1. The van der Waals surface area contributed by atoms with Gasteiger partial charge < -0.3 is 14.1 Å². The van der Waals surface area contributed by atoms with Crippen LogP contribution in [0.2, 0.25) is 0 Å². The number of sulfonamides is 1. The summed E-state index contributed by atoms with van der Waals surface area (Å²) in [5.41, 5.74) is 2.21. The number of benzene rings is 2. The monoisotopic (exact) mass is 414 g/mol. The molecule has 1 fully saturated rings. The Balaban J connectivity index is 1.79. The lowest BCUT2D eigenvalue weighted by molar-refractivity contribution is 0.0285. The Morgan fingerprint density at radius 1 is 1.07 bits per heavy atom. The molecule has 3 aromatic rings. The van der Waals surface area contributed by atoms with Crippen LogP contribution in [0.3, 0.4) is 0 Å². The Kier molecular flexibility index (Phi) is 5.06. The summed E-state index contributed by atoms with van der Waals surface area (Å²) >= 11 is 0. The van der Waals surface area contributed by atoms with Crippen molar-refractivity contribution < 1.29 is 22.4 Å². The number of nitrogens with one attached hydrogen (secondary N) is 1. The zero-order valence-electron chi connectivity index (χ0n) is 16.3. The minimum absolute atomic E-state index is 0.0126. The maximum atomic E-state index is 13.1. The van der Waals surface area contributed by atoms with Crippen molar-refractivity contribution in [3.05, 3.63) is 59.4 Å². The smallest absolute Gasteiger partial charge is 0.291 e. The van der Waals surface area contributed by atoms with Gasteiger partial charge in [0.2, 0.25) is 5.76 Å². The van der Waals surface area contributed by atoms with Crippen molar-refractivity contribution in [2.45, 2.75) is 18.7 Å². The number of carbonyl (C=O) groups excluding carboxylic acids is 1. The lowest BCUT2D eigenvalue weighted by atomic mass is 10.2. The van der Waals surface area contributed by atoms with Crippen molar-refractivity contribution in [3.63, 3.8) is 0 Å². The third-order valence-corrected chi connectivity index (χ3v) is 6.45. The zero-order chi connectivity index (χ0) is 20.6. The number of ether oxygens (including phenoxy) is 1. The van der Waals surface area contributed by atoms with E-state index in [2.05, 4.69) is 4.72 Å². The topological polar surface area (TPSA) is 88.9 Å². The highest BCUT2D eigenvalue weighted by Crippen LogP contribution is 2.34. The number of furan rings is 1. The maximum Gasteiger partial charge on any atom is 0.291 e. The number of morpholine rings is 1. The highest BCUT2D eigenvalue weighted by molar-refractivity contribution is 7.92. The lowest BCUT2D eigenvalue weighted by Gasteiger charge is -2.26. The molecule has 0 bridgehead atoms. The normalized spacial score (nSPS) is 14.9. The first-order chi connectivity index (χ1) is 13.9. The van der Waals surface area contributed by atoms with Crippen molar-refractivity contribution in [1.82, 2.24) is 4.90 Å². The molecule has 1 saturated heterocycles. The second-order valence-corrected chi connectivity index (χ2v) is 8.73. The molecule has 8 heteroatoms. The van der Waals surface area contributed by atoms with E-state index in [4.69, 9.17) is 9.15 Å². The molecule has 4 rings (SSSR count). The molecule has 2 heterocycles. The molecule has 2 aromatic carbocycles. The summed E-state index contributed by atoms with van der Waals surface area (Å²) < 4.78 is 40.0. The molecule has 0 radical (unpaired) electrons. The van der Waals surface area contributed by atoms with Crippen LogP contribution in [0.25, 0.3) is 11.0 Å². The highest BCUT2D eigenvalue weighted by Gasteiger charge is 2.29. The van der Waals surface area contributed by atoms with Gasteiger partial charge in [0, 0.05) is 18.5 Å². The SMILES string of the molecule is Cc1ccc(S(=O)(=O)Nc2c(C(=O)N3CCOCC3)oc3ccccc23)c(C)c1. The Morgan fingerprint density at radius 3 is 2.52 bits per heavy atom. The van der Waals surface area contributed by atoms with Crippen LogP contribution in [0.5, 0.6) is 0 Å². The van der Waals surface area contributed by atoms with E-state index in [1.807, 2.05) is 13.0 Å². The van der Waals surface area contributed by atoms with Gasteiger partial charge in [-0.3, -0.25) is 9.52 Å². The van der Waals surface area contributed by atoms with Gasteiger partial charge in [-0.2, -0.15) is 0 Å². The predicted octanol–water partition coefficient (Wildman–Crippen LogP) is 3.32. The fourth-order valence-corrected chi connectivity index (χ4v) is 4.81. The van der Waals surface area contributed by atoms with Crippen LogP contribution in [0, 0.1) is 13.8 Å². The molecule has 1 aliphatic rings. The molecule has 0 spiro atoms. The summed E-state index contributed by atoms with van der Waals surface area (Å²) in [4.78, 5) is 14.8. The van der Waals surface area contributed by atoms with Gasteiger partial charge >= 0.3 is 0 Å². The quantitative estimate of drug-likeness (QED) is 0.707. The molecule has 152 valence electrons. The number of rotatable bonds is 4. The van der Waals surface area contributed by atoms with E-state index in [-0.39, 0.29) is 22.3 Å². The number of hydrogen-bond donors (Lipinski definition) is 1. The van der Waals surface area contributed by atoms with Gasteiger partial charge in [0.15, 0.2) is 0 Å². The largest absolute Gasteiger partial charge is 0.449 e. The van der Waals surface area contributed by atoms with Crippen LogP contribution < -0.4 is 4.72 Å². The van der Waals surface area contributed by atoms with Gasteiger partial charge in [0.05, 0.1) is 18.1 Å². The summed E-state index contributed by atoms with van der Waals surface area (Å²) in [5.74, 6) is -0.371. The maximum absolute atomic E-state index is 13.1. The fraction of sp³-hybridized carbons (Fsp3) is 0.286. The average Bonchev–Trinajstić information content (AvgIpc) is 3.05. The molecule has 0 saturated carbocycles. The standard InChI is InChI=1S/C21H22N2O5S/c1-14-7-8-18(15(2)13-14)29(25,26)22-19-16-5-3-4-6-17(16)28-20(19)21(24)23-9-11-27-12-10-23/h3-8,13,22H,9-12H2,1-2H3. The zero-order valence-corrected chi connectivity index (χ0v) is 17.1. The molecular weight excluding hydrogens is 392 g/mol. The third kappa shape index (κ3) is 3.73.